The van der Waals surface area contributed by atoms with Gasteiger partial charge in [0, 0.05) is 24.0 Å². The number of carbonyl (C=O) groups excluding carboxylic acids is 1. The Morgan fingerprint density at radius 3 is 2.48 bits per heavy atom. The number of nitrogens with one attached hydrogen (secondary N) is 1. The fraction of sp³-hybridized carbons (Fsp3) is 0.263. The number of pyridine rings is 1. The predicted octanol–water partition coefficient (Wildman–Crippen LogP) is 2.98. The lowest BCUT2D eigenvalue weighted by Crippen LogP contribution is -2.28. The molecule has 1 unspecified atom stereocenters. The van der Waals surface area contributed by atoms with Gasteiger partial charge in [0.25, 0.3) is 5.91 Å². The average Bonchev–Trinajstić information content (AvgIpc) is 3.00. The Morgan fingerprint density at radius 1 is 1.12 bits per heavy atom. The molecule has 1 aromatic carbocycles. The average molecular weight is 335 g/mol. The van der Waals surface area contributed by atoms with Crippen molar-refractivity contribution in [1.29, 1.82) is 0 Å². The molecule has 0 saturated heterocycles. The summed E-state index contributed by atoms with van der Waals surface area (Å²) in [6.07, 6.45) is 1.62. The largest absolute Gasteiger partial charge is 0.342 e. The molecule has 1 atom stereocenters. The minimum atomic E-state index is -0.228. The van der Waals surface area contributed by atoms with E-state index in [2.05, 4.69) is 20.5 Å². The van der Waals surface area contributed by atoms with Crippen molar-refractivity contribution in [2.24, 2.45) is 7.05 Å². The molecule has 0 bridgehead atoms. The van der Waals surface area contributed by atoms with Crippen LogP contribution in [0.1, 0.15) is 40.5 Å². The maximum atomic E-state index is 12.6. The number of nitrogens with zero attached hydrogens (tertiary/aromatic N) is 4. The van der Waals surface area contributed by atoms with E-state index in [0.717, 1.165) is 22.5 Å². The molecule has 0 aliphatic heterocycles. The van der Waals surface area contributed by atoms with Crippen LogP contribution in [0.5, 0.6) is 0 Å². The summed E-state index contributed by atoms with van der Waals surface area (Å²) in [4.78, 5) is 17.0. The van der Waals surface area contributed by atoms with E-state index in [0.29, 0.717) is 11.4 Å². The summed E-state index contributed by atoms with van der Waals surface area (Å²) in [5.41, 5.74) is 4.58. The number of rotatable bonds is 4. The molecule has 2 heterocycles. The number of aryl methyl sites for hydroxylation is 3. The lowest BCUT2D eigenvalue weighted by Gasteiger charge is -2.13. The zero-order valence-corrected chi connectivity index (χ0v) is 14.8. The summed E-state index contributed by atoms with van der Waals surface area (Å²) < 4.78 is 1.80. The highest BCUT2D eigenvalue weighted by molar-refractivity contribution is 5.95. The fourth-order valence-corrected chi connectivity index (χ4v) is 2.87. The molecular formula is C19H21N5O. The Bertz CT molecular complexity index is 895. The molecule has 128 valence electrons. The highest BCUT2D eigenvalue weighted by atomic mass is 16.1. The van der Waals surface area contributed by atoms with Crippen LogP contribution in [0.15, 0.2) is 42.7 Å². The van der Waals surface area contributed by atoms with Gasteiger partial charge in [-0.2, -0.15) is 0 Å². The molecule has 25 heavy (non-hydrogen) atoms. The summed E-state index contributed by atoms with van der Waals surface area (Å²) >= 11 is 0. The Labute approximate surface area is 146 Å². The van der Waals surface area contributed by atoms with E-state index in [1.807, 2.05) is 64.2 Å². The topological polar surface area (TPSA) is 72.7 Å². The molecule has 2 aromatic heterocycles. The summed E-state index contributed by atoms with van der Waals surface area (Å²) in [6.45, 7) is 5.83. The number of hydrogen-bond acceptors (Lipinski definition) is 4. The SMILES string of the molecule is Cc1cc(-c2cccc(C(=O)NC(C)c3nncn3C)c2)cc(C)n1. The maximum Gasteiger partial charge on any atom is 0.251 e. The van der Waals surface area contributed by atoms with Gasteiger partial charge < -0.3 is 9.88 Å². The molecule has 6 nitrogen and oxygen atoms in total. The van der Waals surface area contributed by atoms with Crippen LogP contribution in [0.2, 0.25) is 0 Å². The quantitative estimate of drug-likeness (QED) is 0.795. The van der Waals surface area contributed by atoms with Crippen LogP contribution in [-0.4, -0.2) is 25.7 Å². The Morgan fingerprint density at radius 2 is 1.84 bits per heavy atom. The summed E-state index contributed by atoms with van der Waals surface area (Å²) in [5.74, 6) is 0.574. The first kappa shape index (κ1) is 16.8. The summed E-state index contributed by atoms with van der Waals surface area (Å²) in [7, 11) is 1.85. The van der Waals surface area contributed by atoms with Gasteiger partial charge >= 0.3 is 0 Å². The molecule has 3 rings (SSSR count). The summed E-state index contributed by atoms with van der Waals surface area (Å²) in [6, 6.07) is 11.4. The minimum absolute atomic E-state index is 0.139. The molecule has 0 saturated carbocycles. The van der Waals surface area contributed by atoms with Gasteiger partial charge in [-0.15, -0.1) is 10.2 Å². The van der Waals surface area contributed by atoms with Crippen LogP contribution < -0.4 is 5.32 Å². The van der Waals surface area contributed by atoms with Crippen molar-refractivity contribution in [3.63, 3.8) is 0 Å². The van der Waals surface area contributed by atoms with Gasteiger partial charge in [-0.3, -0.25) is 9.78 Å². The second kappa shape index (κ2) is 6.84. The van der Waals surface area contributed by atoms with E-state index in [1.165, 1.54) is 0 Å². The Balaban J connectivity index is 1.83. The lowest BCUT2D eigenvalue weighted by atomic mass is 10.0. The van der Waals surface area contributed by atoms with Crippen LogP contribution in [0.3, 0.4) is 0 Å². The third-order valence-corrected chi connectivity index (χ3v) is 4.02. The van der Waals surface area contributed by atoms with E-state index in [1.54, 1.807) is 10.9 Å². The van der Waals surface area contributed by atoms with Crippen molar-refractivity contribution >= 4 is 5.91 Å². The van der Waals surface area contributed by atoms with E-state index in [9.17, 15) is 4.79 Å². The number of amides is 1. The van der Waals surface area contributed by atoms with Gasteiger partial charge in [-0.05, 0) is 56.2 Å². The zero-order chi connectivity index (χ0) is 18.0. The minimum Gasteiger partial charge on any atom is -0.342 e. The number of carbonyl (C=O) groups is 1. The van der Waals surface area contributed by atoms with Crippen molar-refractivity contribution in [3.8, 4) is 11.1 Å². The summed E-state index contributed by atoms with van der Waals surface area (Å²) in [5, 5.41) is 10.9. The van der Waals surface area contributed by atoms with Crippen molar-refractivity contribution < 1.29 is 4.79 Å². The highest BCUT2D eigenvalue weighted by Crippen LogP contribution is 2.22. The van der Waals surface area contributed by atoms with Crippen LogP contribution in [0.25, 0.3) is 11.1 Å². The third-order valence-electron chi connectivity index (χ3n) is 4.02. The van der Waals surface area contributed by atoms with Crippen LogP contribution in [0.4, 0.5) is 0 Å². The van der Waals surface area contributed by atoms with E-state index in [-0.39, 0.29) is 11.9 Å². The van der Waals surface area contributed by atoms with Crippen LogP contribution in [-0.2, 0) is 7.05 Å². The number of hydrogen-bond donors (Lipinski definition) is 1. The van der Waals surface area contributed by atoms with Crippen molar-refractivity contribution in [2.75, 3.05) is 0 Å². The number of aromatic nitrogens is 4. The lowest BCUT2D eigenvalue weighted by molar-refractivity contribution is 0.0938. The van der Waals surface area contributed by atoms with E-state index >= 15 is 0 Å². The van der Waals surface area contributed by atoms with Crippen molar-refractivity contribution in [1.82, 2.24) is 25.1 Å². The Kier molecular flexibility index (Phi) is 4.61. The van der Waals surface area contributed by atoms with Gasteiger partial charge in [0.2, 0.25) is 0 Å². The predicted molar refractivity (Wildman–Crippen MR) is 96.0 cm³/mol. The molecule has 1 N–H and O–H groups in total. The zero-order valence-electron chi connectivity index (χ0n) is 14.8. The monoisotopic (exact) mass is 335 g/mol. The molecule has 6 heteroatoms. The van der Waals surface area contributed by atoms with Crippen LogP contribution >= 0.6 is 0 Å². The highest BCUT2D eigenvalue weighted by Gasteiger charge is 2.16. The van der Waals surface area contributed by atoms with E-state index < -0.39 is 0 Å². The molecule has 0 spiro atoms. The first-order valence-electron chi connectivity index (χ1n) is 8.14. The normalized spacial score (nSPS) is 12.0. The maximum absolute atomic E-state index is 12.6. The second-order valence-corrected chi connectivity index (χ2v) is 6.21. The second-order valence-electron chi connectivity index (χ2n) is 6.21. The molecule has 0 radical (unpaired) electrons. The molecule has 0 fully saturated rings. The van der Waals surface area contributed by atoms with Gasteiger partial charge in [-0.1, -0.05) is 12.1 Å². The third kappa shape index (κ3) is 3.74. The first-order chi connectivity index (χ1) is 11.9. The molecule has 3 aromatic rings. The standard InChI is InChI=1S/C19H21N5O/c1-12-8-17(9-13(2)21-12)15-6-5-7-16(10-15)19(25)22-14(3)18-23-20-11-24(18)4/h5-11,14H,1-4H3,(H,22,25). The molecule has 1 amide bonds. The number of benzene rings is 1. The molecular weight excluding hydrogens is 314 g/mol. The van der Waals surface area contributed by atoms with Crippen molar-refractivity contribution in [2.45, 2.75) is 26.8 Å². The Hall–Kier alpha value is -3.02. The molecule has 0 aliphatic carbocycles. The van der Waals surface area contributed by atoms with E-state index in [4.69, 9.17) is 0 Å². The van der Waals surface area contributed by atoms with Gasteiger partial charge in [0.05, 0.1) is 6.04 Å². The van der Waals surface area contributed by atoms with Crippen molar-refractivity contribution in [3.05, 3.63) is 65.5 Å². The molecule has 0 aliphatic rings. The van der Waals surface area contributed by atoms with Gasteiger partial charge in [-0.25, -0.2) is 0 Å². The van der Waals surface area contributed by atoms with Crippen LogP contribution in [0, 0.1) is 13.8 Å². The smallest absolute Gasteiger partial charge is 0.251 e. The fourth-order valence-electron chi connectivity index (χ4n) is 2.87. The van der Waals surface area contributed by atoms with Gasteiger partial charge in [0.15, 0.2) is 5.82 Å². The first-order valence-corrected chi connectivity index (χ1v) is 8.14. The van der Waals surface area contributed by atoms with Gasteiger partial charge in [0.1, 0.15) is 6.33 Å².